The van der Waals surface area contributed by atoms with E-state index in [0.717, 1.165) is 166 Å². The fraction of sp³-hybridized carbons (Fsp3) is 0.734. The molecule has 0 radical (unpaired) electrons. The van der Waals surface area contributed by atoms with Gasteiger partial charge >= 0.3 is 18.3 Å². The van der Waals surface area contributed by atoms with Crippen molar-refractivity contribution in [2.45, 2.75) is 347 Å². The summed E-state index contributed by atoms with van der Waals surface area (Å²) >= 11 is 9.55. The van der Waals surface area contributed by atoms with Gasteiger partial charge in [0, 0.05) is 90.6 Å². The van der Waals surface area contributed by atoms with Crippen LogP contribution in [0.15, 0.2) is 75.3 Å². The largest absolute Gasteiger partial charge is 0.444 e. The van der Waals surface area contributed by atoms with Crippen LogP contribution in [0, 0.1) is 35.5 Å². The van der Waals surface area contributed by atoms with Crippen LogP contribution in [0.3, 0.4) is 0 Å². The second-order valence-corrected chi connectivity index (χ2v) is 49.0. The van der Waals surface area contributed by atoms with Crippen molar-refractivity contribution >= 4 is 99.4 Å². The van der Waals surface area contributed by atoms with E-state index < -0.39 is 58.8 Å². The molecule has 129 heavy (non-hydrogen) atoms. The Labute approximate surface area is 784 Å². The number of aryl methyl sites for hydroxylation is 2. The van der Waals surface area contributed by atoms with E-state index >= 15 is 0 Å². The van der Waals surface area contributed by atoms with Gasteiger partial charge in [0.2, 0.25) is 0 Å². The third kappa shape index (κ3) is 34.4. The Hall–Kier alpha value is -6.63. The lowest BCUT2D eigenvalue weighted by Gasteiger charge is -2.33. The first-order chi connectivity index (χ1) is 59.6. The van der Waals surface area contributed by atoms with Crippen LogP contribution in [-0.2, 0) is 61.4 Å². The van der Waals surface area contributed by atoms with Gasteiger partial charge in [-0.25, -0.2) is 43.8 Å². The van der Waals surface area contributed by atoms with Crippen molar-refractivity contribution < 1.29 is 77.8 Å². The topological polar surface area (TPSA) is 395 Å². The zero-order chi connectivity index (χ0) is 96.5. The molecule has 6 atom stereocenters. The first kappa shape index (κ1) is 109. The first-order valence-electron chi connectivity index (χ1n) is 46.0. The molecule has 8 bridgehead atoms. The van der Waals surface area contributed by atoms with Crippen molar-refractivity contribution in [1.29, 1.82) is 0 Å². The number of rotatable bonds is 14. The standard InChI is InChI=1S/C21H25BrN4O3S.C21H25ClN4O3S.C15H29NO5S.C14H28N2O2.C14H27NO3.C9H19NO/c2*1-21(2)12-14-6-3-4-7-15-8-5-9-18(23-15)30(28,29)25-20(27)16-10-11-17(22)24-19(16)26(21)13-14;1-14(2,3)21-13(17)16-11-12(10-15(16,4)5)8-7-9-20-22(6,18)19;1-13(2,3)18-12(17)16-10-11(7-6-8-15)9-14(16,4)5;1-13(2,3)18-12(17)15-10-11(7-6-8-16)9-14(15,4)5;1-9(2)6-8(7-10-9)4-3-5-11/h2*5,8-11,14H,3-4,6-7,12-13H2,1-2H3,(H,25,27);12H,7-11H2,1-6H3;11H,6-10,15H2,1-5H3;11,16H,6-10H2,1-5H3;8,10-11H,3-7H2,1-2H3/t2*14-;12-;2*11-;8-/m000000/s1. The molecule has 12 heterocycles. The van der Waals surface area contributed by atoms with E-state index in [1.54, 1.807) is 29.2 Å². The normalized spacial score (nSPS) is 23.4. The van der Waals surface area contributed by atoms with E-state index in [1.807, 2.05) is 98.1 Å². The minimum Gasteiger partial charge on any atom is -0.444 e. The van der Waals surface area contributed by atoms with Gasteiger partial charge in [-0.3, -0.25) is 13.8 Å². The Kier molecular flexibility index (Phi) is 38.7. The Balaban J connectivity index is 0.000000218. The number of aromatic nitrogens is 4. The maximum Gasteiger partial charge on any atom is 0.410 e. The summed E-state index contributed by atoms with van der Waals surface area (Å²) in [4.78, 5) is 89.9. The second-order valence-electron chi connectivity index (χ2n) is 42.9. The lowest BCUT2D eigenvalue weighted by molar-refractivity contribution is 0.0118. The van der Waals surface area contributed by atoms with Gasteiger partial charge in [0.05, 0.1) is 24.0 Å². The third-order valence-corrected chi connectivity index (χ3v) is 28.3. The van der Waals surface area contributed by atoms with Crippen LogP contribution in [0.2, 0.25) is 5.15 Å². The Morgan fingerprint density at radius 2 is 0.891 bits per heavy atom. The number of amides is 5. The van der Waals surface area contributed by atoms with Crippen LogP contribution < -0.4 is 30.3 Å². The molecule has 0 saturated carbocycles. The summed E-state index contributed by atoms with van der Waals surface area (Å²) in [5.41, 5.74) is 5.44. The molecule has 8 aliphatic heterocycles. The fourth-order valence-corrected chi connectivity index (χ4v) is 21.6. The molecule has 0 aromatic carbocycles. The van der Waals surface area contributed by atoms with Gasteiger partial charge in [-0.05, 0) is 387 Å². The molecule has 8 aliphatic rings. The molecule has 35 heteroatoms. The van der Waals surface area contributed by atoms with Crippen molar-refractivity contribution in [1.82, 2.24) is 49.4 Å². The van der Waals surface area contributed by atoms with E-state index in [4.69, 9.17) is 45.9 Å². The maximum atomic E-state index is 13.1. The number of aliphatic hydroxyl groups is 2. The molecule has 6 saturated heterocycles. The lowest BCUT2D eigenvalue weighted by Crippen LogP contribution is -2.45. The van der Waals surface area contributed by atoms with E-state index in [0.29, 0.717) is 89.5 Å². The van der Waals surface area contributed by atoms with Crippen molar-refractivity contribution in [3.8, 4) is 0 Å². The summed E-state index contributed by atoms with van der Waals surface area (Å²) < 4.78 is 99.2. The number of aliphatic hydroxyl groups excluding tert-OH is 2. The predicted molar refractivity (Wildman–Crippen MR) is 510 cm³/mol. The lowest BCUT2D eigenvalue weighted by atomic mass is 9.92. The average molecular weight is 1950 g/mol. The number of nitrogens with two attached hydrogens (primary N) is 1. The molecule has 728 valence electrons. The SMILES string of the molecule is CC(C)(C)OC(=O)N1C[C@@H](CCCN)CC1(C)C.CC(C)(C)OC(=O)N1C[C@@H](CCCO)CC1(C)C.CC(C)(C)OC(=O)N1C[C@@H](CCCOS(C)(=O)=O)CC1(C)C.CC1(C)C[C@@H]2CCCCc3cccc(n3)S(=O)(=O)NC(=O)c3ccc(Br)nc3N1C2.CC1(C)C[C@@H]2CCCCc3cccc(n3)S(=O)(=O)NC(=O)c3ccc(Cl)nc3N1C2.CC1(C)C[C@H](CCCO)CN1. The number of hydrogen-bond acceptors (Lipinski definition) is 25. The summed E-state index contributed by atoms with van der Waals surface area (Å²) in [5, 5.41) is 20.9. The van der Waals surface area contributed by atoms with Crippen LogP contribution in [-0.4, -0.2) is 222 Å². The van der Waals surface area contributed by atoms with Gasteiger partial charge in [0.25, 0.3) is 42.0 Å². The smallest absolute Gasteiger partial charge is 0.410 e. The number of carbonyl (C=O) groups is 5. The van der Waals surface area contributed by atoms with E-state index in [1.165, 1.54) is 37.1 Å². The monoisotopic (exact) mass is 1950 g/mol. The predicted octanol–water partition coefficient (Wildman–Crippen LogP) is 16.7. The highest BCUT2D eigenvalue weighted by molar-refractivity contribution is 9.10. The van der Waals surface area contributed by atoms with Crippen molar-refractivity contribution in [2.75, 3.05) is 81.7 Å². The summed E-state index contributed by atoms with van der Waals surface area (Å²) in [5.74, 6) is 2.58. The zero-order valence-electron chi connectivity index (χ0n) is 81.0. The maximum absolute atomic E-state index is 13.1. The highest BCUT2D eigenvalue weighted by atomic mass is 79.9. The minimum atomic E-state index is -4.11. The summed E-state index contributed by atoms with van der Waals surface area (Å²) in [7, 11) is -11.6. The number of likely N-dealkylation sites (tertiary alicyclic amines) is 3. The van der Waals surface area contributed by atoms with Crippen LogP contribution >= 0.6 is 27.5 Å². The van der Waals surface area contributed by atoms with Crippen LogP contribution in [0.5, 0.6) is 0 Å². The molecule has 0 spiro atoms. The summed E-state index contributed by atoms with van der Waals surface area (Å²) in [6, 6.07) is 16.1. The van der Waals surface area contributed by atoms with Gasteiger partial charge in [0.15, 0.2) is 10.1 Å². The van der Waals surface area contributed by atoms with Crippen LogP contribution in [0.4, 0.5) is 26.0 Å². The summed E-state index contributed by atoms with van der Waals surface area (Å²) in [6.45, 7) is 48.7. The quantitative estimate of drug-likeness (QED) is 0.0295. The van der Waals surface area contributed by atoms with Gasteiger partial charge in [0.1, 0.15) is 38.2 Å². The molecule has 0 aliphatic carbocycles. The molecule has 30 nitrogen and oxygen atoms in total. The van der Waals surface area contributed by atoms with E-state index in [-0.39, 0.29) is 85.5 Å². The van der Waals surface area contributed by atoms with Gasteiger partial charge < -0.3 is 60.0 Å². The third-order valence-electron chi connectivity index (χ3n) is 24.6. The molecule has 4 aromatic heterocycles. The number of ether oxygens (including phenoxy) is 3. The molecule has 5 amide bonds. The average Bonchev–Trinajstić information content (AvgIpc) is 1.66. The number of fused-ring (bicyclic) bond motifs is 12. The number of nitrogens with one attached hydrogen (secondary N) is 3. The fourth-order valence-electron chi connectivity index (χ4n) is 18.8. The van der Waals surface area contributed by atoms with Gasteiger partial charge in [-0.1, -0.05) is 36.6 Å². The molecule has 12 rings (SSSR count). The molecular formula is C94H153BrClN13O17S3. The number of nitrogens with zero attached hydrogens (tertiary/aromatic N) is 9. The number of carbonyl (C=O) groups excluding carboxylic acids is 5. The van der Waals surface area contributed by atoms with E-state index in [9.17, 15) is 49.2 Å². The van der Waals surface area contributed by atoms with E-state index in [2.05, 4.69) is 130 Å². The van der Waals surface area contributed by atoms with Crippen LogP contribution in [0.1, 0.15) is 306 Å². The molecule has 4 aromatic rings. The number of sulfonamides is 2. The van der Waals surface area contributed by atoms with Gasteiger partial charge in [-0.2, -0.15) is 25.3 Å². The molecular weight excluding hydrogens is 1790 g/mol. The molecule has 7 N–H and O–H groups in total. The zero-order valence-corrected chi connectivity index (χ0v) is 85.8. The van der Waals surface area contributed by atoms with Crippen molar-refractivity contribution in [3.63, 3.8) is 0 Å². The minimum absolute atomic E-state index is 0.110. The van der Waals surface area contributed by atoms with Gasteiger partial charge in [-0.15, -0.1) is 0 Å². The number of pyridine rings is 4. The highest BCUT2D eigenvalue weighted by Crippen LogP contribution is 2.44. The second kappa shape index (κ2) is 45.6. The summed E-state index contributed by atoms with van der Waals surface area (Å²) in [6.07, 6.45) is 21.5. The number of halogens is 2. The van der Waals surface area contributed by atoms with Crippen molar-refractivity contribution in [3.05, 3.63) is 92.9 Å². The Bertz CT molecular complexity index is 4540. The van der Waals surface area contributed by atoms with Crippen molar-refractivity contribution in [2.24, 2.45) is 41.2 Å². The number of hydrogen-bond donors (Lipinski definition) is 6. The molecule has 6 fully saturated rings. The molecule has 0 unspecified atom stereocenters. The first-order valence-corrected chi connectivity index (χ1v) is 52.0. The van der Waals surface area contributed by atoms with Crippen LogP contribution in [0.25, 0.3) is 0 Å². The highest BCUT2D eigenvalue weighted by Gasteiger charge is 2.48. The Morgan fingerprint density at radius 1 is 0.512 bits per heavy atom. The Morgan fingerprint density at radius 3 is 1.26 bits per heavy atom. The number of anilines is 2.